The second kappa shape index (κ2) is 7.54. The van der Waals surface area contributed by atoms with Gasteiger partial charge >= 0.3 is 5.97 Å². The number of Topliss-reactive ketones (excluding diaryl/α,β-unsaturated/α-hetero) is 1. The summed E-state index contributed by atoms with van der Waals surface area (Å²) < 4.78 is 22.1. The van der Waals surface area contributed by atoms with Crippen LogP contribution in [0.15, 0.2) is 0 Å². The van der Waals surface area contributed by atoms with E-state index in [1.807, 2.05) is 6.92 Å². The van der Waals surface area contributed by atoms with Crippen molar-refractivity contribution in [2.24, 2.45) is 23.7 Å². The Bertz CT molecular complexity index is 486. The Morgan fingerprint density at radius 3 is 1.46 bits per heavy atom. The van der Waals surface area contributed by atoms with Crippen molar-refractivity contribution in [2.45, 2.75) is 58.0 Å². The molecule has 0 amide bonds. The first-order chi connectivity index (χ1) is 12.3. The number of ketones is 1. The third-order valence-electron chi connectivity index (χ3n) is 6.17. The smallest absolute Gasteiger partial charge is 0.306 e. The van der Waals surface area contributed by atoms with Crippen molar-refractivity contribution < 1.29 is 33.6 Å². The summed E-state index contributed by atoms with van der Waals surface area (Å²) in [7, 11) is 0. The Kier molecular flexibility index (Phi) is 5.72. The lowest BCUT2D eigenvalue weighted by molar-refractivity contribution is -0.159. The molecule has 0 aromatic heterocycles. The van der Waals surface area contributed by atoms with Gasteiger partial charge in [0.25, 0.3) is 0 Å². The van der Waals surface area contributed by atoms with Crippen molar-refractivity contribution in [1.82, 2.24) is 0 Å². The lowest BCUT2D eigenvalue weighted by Gasteiger charge is -2.21. The molecule has 2 aliphatic heterocycles. The zero-order chi connectivity index (χ0) is 18.9. The fourth-order valence-corrected chi connectivity index (χ4v) is 4.85. The van der Waals surface area contributed by atoms with E-state index in [1.54, 1.807) is 6.92 Å². The molecular formula is C19H30O7. The molecular weight excluding hydrogens is 340 g/mol. The molecule has 2 spiro atoms. The summed E-state index contributed by atoms with van der Waals surface area (Å²) in [5.41, 5.74) is 0. The number of aliphatic carboxylic acids is 1. The highest BCUT2D eigenvalue weighted by Gasteiger charge is 2.50. The molecule has 4 atom stereocenters. The highest BCUT2D eigenvalue weighted by atomic mass is 16.7. The third kappa shape index (κ3) is 3.96. The van der Waals surface area contributed by atoms with Gasteiger partial charge in [0.05, 0.1) is 32.3 Å². The molecule has 148 valence electrons. The van der Waals surface area contributed by atoms with Crippen molar-refractivity contribution in [3.8, 4) is 0 Å². The van der Waals surface area contributed by atoms with Crippen LogP contribution in [0.25, 0.3) is 0 Å². The summed E-state index contributed by atoms with van der Waals surface area (Å²) in [6.07, 6.45) is 2.84. The van der Waals surface area contributed by atoms with Gasteiger partial charge in [-0.2, -0.15) is 0 Å². The number of carbonyl (C=O) groups excluding carboxylic acids is 1. The molecule has 4 fully saturated rings. The molecule has 4 unspecified atom stereocenters. The van der Waals surface area contributed by atoms with Crippen LogP contribution in [0.1, 0.15) is 46.5 Å². The third-order valence-corrected chi connectivity index (χ3v) is 6.17. The Morgan fingerprint density at radius 1 is 0.769 bits per heavy atom. The van der Waals surface area contributed by atoms with Gasteiger partial charge < -0.3 is 24.1 Å². The molecule has 7 heteroatoms. The first kappa shape index (κ1) is 19.7. The van der Waals surface area contributed by atoms with Gasteiger partial charge in [-0.25, -0.2) is 0 Å². The Balaban J connectivity index is 0.000000151. The van der Waals surface area contributed by atoms with Crippen LogP contribution in [0, 0.1) is 23.7 Å². The monoisotopic (exact) mass is 370 g/mol. The second-order valence-electron chi connectivity index (χ2n) is 8.15. The maximum atomic E-state index is 11.3. The molecule has 4 rings (SSSR count). The van der Waals surface area contributed by atoms with Crippen LogP contribution in [0.5, 0.6) is 0 Å². The van der Waals surface area contributed by atoms with Gasteiger partial charge in [0.15, 0.2) is 11.6 Å². The molecule has 4 aliphatic rings. The van der Waals surface area contributed by atoms with Gasteiger partial charge in [0.1, 0.15) is 5.78 Å². The van der Waals surface area contributed by atoms with E-state index in [-0.39, 0.29) is 23.5 Å². The highest BCUT2D eigenvalue weighted by molar-refractivity contribution is 5.79. The zero-order valence-corrected chi connectivity index (χ0v) is 15.9. The van der Waals surface area contributed by atoms with Crippen LogP contribution in [0.3, 0.4) is 0 Å². The molecule has 2 saturated carbocycles. The van der Waals surface area contributed by atoms with Crippen LogP contribution in [0.2, 0.25) is 0 Å². The van der Waals surface area contributed by atoms with Gasteiger partial charge in [-0.15, -0.1) is 0 Å². The summed E-state index contributed by atoms with van der Waals surface area (Å²) in [6.45, 7) is 8.26. The Labute approximate surface area is 154 Å². The van der Waals surface area contributed by atoms with Gasteiger partial charge in [-0.3, -0.25) is 9.59 Å². The summed E-state index contributed by atoms with van der Waals surface area (Å²) in [4.78, 5) is 22.1. The zero-order valence-electron chi connectivity index (χ0n) is 15.9. The largest absolute Gasteiger partial charge is 0.481 e. The van der Waals surface area contributed by atoms with Crippen LogP contribution in [-0.2, 0) is 28.5 Å². The molecule has 2 saturated heterocycles. The molecule has 0 aromatic rings. The van der Waals surface area contributed by atoms with Crippen molar-refractivity contribution in [3.63, 3.8) is 0 Å². The van der Waals surface area contributed by atoms with E-state index in [1.165, 1.54) is 0 Å². The molecule has 0 aromatic carbocycles. The van der Waals surface area contributed by atoms with Crippen LogP contribution in [0.4, 0.5) is 0 Å². The van der Waals surface area contributed by atoms with E-state index in [0.717, 1.165) is 12.8 Å². The first-order valence-corrected chi connectivity index (χ1v) is 9.55. The normalized spacial score (nSPS) is 37.0. The maximum absolute atomic E-state index is 11.3. The fourth-order valence-electron chi connectivity index (χ4n) is 4.85. The molecule has 26 heavy (non-hydrogen) atoms. The lowest BCUT2D eigenvalue weighted by Crippen LogP contribution is -2.27. The van der Waals surface area contributed by atoms with Gasteiger partial charge in [-0.05, 0) is 18.8 Å². The summed E-state index contributed by atoms with van der Waals surface area (Å²) in [5.74, 6) is -1.06. The number of rotatable bonds is 2. The molecule has 2 aliphatic carbocycles. The minimum absolute atomic E-state index is 0.137. The predicted octanol–water partition coefficient (Wildman–Crippen LogP) is 2.22. The molecule has 2 heterocycles. The van der Waals surface area contributed by atoms with E-state index in [9.17, 15) is 9.59 Å². The average Bonchev–Trinajstić information content (AvgIpc) is 3.32. The Morgan fingerprint density at radius 2 is 1.15 bits per heavy atom. The lowest BCUT2D eigenvalue weighted by atomic mass is 9.95. The first-order valence-electron chi connectivity index (χ1n) is 9.55. The summed E-state index contributed by atoms with van der Waals surface area (Å²) in [5, 5.41) is 8.92. The summed E-state index contributed by atoms with van der Waals surface area (Å²) >= 11 is 0. The van der Waals surface area contributed by atoms with Gasteiger partial charge in [0, 0.05) is 31.6 Å². The minimum atomic E-state index is -0.733. The standard InChI is InChI=1S/C10H16O3.C9H14O4/c1-7-5-10(12-3-4-13-10)6-9(7)8(2)11;1-6-4-9(12-2-3-13-9)5-7(6)8(10)11/h7,9H,3-6H2,1-2H3;6-7H,2-5H2,1H3,(H,10,11). The topological polar surface area (TPSA) is 91.3 Å². The van der Waals surface area contributed by atoms with Crippen molar-refractivity contribution in [3.05, 3.63) is 0 Å². The molecule has 0 radical (unpaired) electrons. The number of carboxylic acids is 1. The van der Waals surface area contributed by atoms with Crippen LogP contribution < -0.4 is 0 Å². The summed E-state index contributed by atoms with van der Waals surface area (Å²) in [6, 6.07) is 0. The highest BCUT2D eigenvalue weighted by Crippen LogP contribution is 2.45. The van der Waals surface area contributed by atoms with Crippen molar-refractivity contribution in [1.29, 1.82) is 0 Å². The van der Waals surface area contributed by atoms with Crippen molar-refractivity contribution in [2.75, 3.05) is 26.4 Å². The number of hydrogen-bond acceptors (Lipinski definition) is 6. The van der Waals surface area contributed by atoms with E-state index in [4.69, 9.17) is 24.1 Å². The molecule has 0 bridgehead atoms. The predicted molar refractivity (Wildman–Crippen MR) is 91.4 cm³/mol. The SMILES string of the molecule is CC(=O)C1CC2(CC1C)OCCO2.CC1CC2(CC1C(=O)O)OCCO2. The quantitative estimate of drug-likeness (QED) is 0.797. The van der Waals surface area contributed by atoms with E-state index >= 15 is 0 Å². The second-order valence-corrected chi connectivity index (χ2v) is 8.15. The van der Waals surface area contributed by atoms with E-state index in [0.29, 0.717) is 45.2 Å². The molecule has 1 N–H and O–H groups in total. The minimum Gasteiger partial charge on any atom is -0.481 e. The van der Waals surface area contributed by atoms with E-state index < -0.39 is 17.5 Å². The fraction of sp³-hybridized carbons (Fsp3) is 0.895. The van der Waals surface area contributed by atoms with Gasteiger partial charge in [0.2, 0.25) is 0 Å². The number of hydrogen-bond donors (Lipinski definition) is 1. The van der Waals surface area contributed by atoms with Crippen LogP contribution >= 0.6 is 0 Å². The Hall–Kier alpha value is -1.02. The average molecular weight is 370 g/mol. The van der Waals surface area contributed by atoms with Crippen LogP contribution in [-0.4, -0.2) is 54.9 Å². The maximum Gasteiger partial charge on any atom is 0.306 e. The van der Waals surface area contributed by atoms with Crippen molar-refractivity contribution >= 4 is 11.8 Å². The molecule has 7 nitrogen and oxygen atoms in total. The number of ether oxygens (including phenoxy) is 4. The number of carboxylic acid groups (broad SMARTS) is 1. The van der Waals surface area contributed by atoms with E-state index in [2.05, 4.69) is 6.92 Å². The van der Waals surface area contributed by atoms with Gasteiger partial charge in [-0.1, -0.05) is 13.8 Å². The number of carbonyl (C=O) groups is 2.